The van der Waals surface area contributed by atoms with Gasteiger partial charge in [-0.2, -0.15) is 0 Å². The molecule has 0 fully saturated rings. The molecular weight excluding hydrogens is 244 g/mol. The molecule has 0 bridgehead atoms. The van der Waals surface area contributed by atoms with Gasteiger partial charge in [0.25, 0.3) is 0 Å². The van der Waals surface area contributed by atoms with Crippen molar-refractivity contribution in [2.45, 2.75) is 32.7 Å². The zero-order chi connectivity index (χ0) is 13.0. The fourth-order valence-corrected chi connectivity index (χ4v) is 2.31. The minimum atomic E-state index is 0.147. The van der Waals surface area contributed by atoms with Crippen molar-refractivity contribution in [3.8, 4) is 10.7 Å². The van der Waals surface area contributed by atoms with Gasteiger partial charge in [-0.3, -0.25) is 4.98 Å². The molecule has 0 aromatic carbocycles. The highest BCUT2D eigenvalue weighted by atomic mass is 32.1. The third-order valence-corrected chi connectivity index (χ3v) is 3.35. The number of pyridine rings is 1. The maximum Gasteiger partial charge on any atom is 0.166 e. The lowest BCUT2D eigenvalue weighted by Gasteiger charge is -2.19. The monoisotopic (exact) mass is 262 g/mol. The molecule has 0 aliphatic heterocycles. The van der Waals surface area contributed by atoms with E-state index in [2.05, 4.69) is 41.3 Å². The Labute approximate surface area is 111 Å². The Balaban J connectivity index is 1.95. The Kier molecular flexibility index (Phi) is 4.04. The van der Waals surface area contributed by atoms with Crippen LogP contribution in [0.1, 0.15) is 25.8 Å². The van der Waals surface area contributed by atoms with E-state index in [1.54, 1.807) is 17.5 Å². The molecule has 2 heterocycles. The van der Waals surface area contributed by atoms with Crippen molar-refractivity contribution in [1.29, 1.82) is 0 Å². The highest BCUT2D eigenvalue weighted by Crippen LogP contribution is 2.21. The molecule has 0 radical (unpaired) electrons. The van der Waals surface area contributed by atoms with Crippen LogP contribution < -0.4 is 5.32 Å². The minimum absolute atomic E-state index is 0.147. The van der Waals surface area contributed by atoms with E-state index < -0.39 is 0 Å². The average Bonchev–Trinajstić information content (AvgIpc) is 2.77. The van der Waals surface area contributed by atoms with Crippen molar-refractivity contribution < 1.29 is 0 Å². The maximum atomic E-state index is 4.27. The standard InChI is InChI=1S/C13H18N4S/c1-13(2,3)15-9-7-11-16-17-12(18-11)10-6-4-5-8-14-10/h4-6,8,15H,7,9H2,1-3H3. The van der Waals surface area contributed by atoms with Gasteiger partial charge in [-0.05, 0) is 32.9 Å². The molecule has 0 spiro atoms. The molecule has 0 saturated heterocycles. The molecule has 18 heavy (non-hydrogen) atoms. The zero-order valence-electron chi connectivity index (χ0n) is 11.0. The lowest BCUT2D eigenvalue weighted by molar-refractivity contribution is 0.429. The van der Waals surface area contributed by atoms with Crippen LogP contribution in [0.2, 0.25) is 0 Å². The molecule has 0 atom stereocenters. The van der Waals surface area contributed by atoms with Crippen molar-refractivity contribution in [2.24, 2.45) is 0 Å². The van der Waals surface area contributed by atoms with E-state index in [1.807, 2.05) is 18.2 Å². The van der Waals surface area contributed by atoms with Gasteiger partial charge in [0.1, 0.15) is 10.7 Å². The van der Waals surface area contributed by atoms with Gasteiger partial charge >= 0.3 is 0 Å². The maximum absolute atomic E-state index is 4.27. The quantitative estimate of drug-likeness (QED) is 0.920. The van der Waals surface area contributed by atoms with Gasteiger partial charge in [0, 0.05) is 24.7 Å². The first-order valence-electron chi connectivity index (χ1n) is 6.03. The van der Waals surface area contributed by atoms with Gasteiger partial charge in [-0.25, -0.2) is 0 Å². The van der Waals surface area contributed by atoms with Crippen LogP contribution in [0.4, 0.5) is 0 Å². The Morgan fingerprint density at radius 1 is 1.22 bits per heavy atom. The van der Waals surface area contributed by atoms with Crippen molar-refractivity contribution in [3.63, 3.8) is 0 Å². The van der Waals surface area contributed by atoms with Crippen molar-refractivity contribution >= 4 is 11.3 Å². The van der Waals surface area contributed by atoms with Gasteiger partial charge in [0.2, 0.25) is 0 Å². The van der Waals surface area contributed by atoms with Crippen molar-refractivity contribution in [1.82, 2.24) is 20.5 Å². The van der Waals surface area contributed by atoms with Gasteiger partial charge in [-0.1, -0.05) is 17.4 Å². The van der Waals surface area contributed by atoms with E-state index in [1.165, 1.54) is 0 Å². The predicted octanol–water partition coefficient (Wildman–Crippen LogP) is 2.53. The summed E-state index contributed by atoms with van der Waals surface area (Å²) in [7, 11) is 0. The molecule has 4 nitrogen and oxygen atoms in total. The average molecular weight is 262 g/mol. The highest BCUT2D eigenvalue weighted by Gasteiger charge is 2.10. The smallest absolute Gasteiger partial charge is 0.166 e. The number of aromatic nitrogens is 3. The van der Waals surface area contributed by atoms with Crippen molar-refractivity contribution in [3.05, 3.63) is 29.4 Å². The summed E-state index contributed by atoms with van der Waals surface area (Å²) in [6, 6.07) is 5.82. The molecule has 96 valence electrons. The van der Waals surface area contributed by atoms with Crippen LogP contribution in [-0.2, 0) is 6.42 Å². The second kappa shape index (κ2) is 5.54. The fraction of sp³-hybridized carbons (Fsp3) is 0.462. The van der Waals surface area contributed by atoms with Crippen LogP contribution in [0.25, 0.3) is 10.7 Å². The Hall–Kier alpha value is -1.33. The first-order chi connectivity index (χ1) is 8.54. The van der Waals surface area contributed by atoms with E-state index in [4.69, 9.17) is 0 Å². The largest absolute Gasteiger partial charge is 0.312 e. The van der Waals surface area contributed by atoms with E-state index in [-0.39, 0.29) is 5.54 Å². The fourth-order valence-electron chi connectivity index (χ4n) is 1.49. The first kappa shape index (κ1) is 13.1. The van der Waals surface area contributed by atoms with E-state index in [0.717, 1.165) is 28.7 Å². The number of nitrogens with zero attached hydrogens (tertiary/aromatic N) is 3. The summed E-state index contributed by atoms with van der Waals surface area (Å²) < 4.78 is 0. The summed E-state index contributed by atoms with van der Waals surface area (Å²) in [5, 5.41) is 13.8. The predicted molar refractivity (Wildman–Crippen MR) is 74.6 cm³/mol. The number of hydrogen-bond acceptors (Lipinski definition) is 5. The van der Waals surface area contributed by atoms with Gasteiger partial charge in [-0.15, -0.1) is 10.2 Å². The summed E-state index contributed by atoms with van der Waals surface area (Å²) in [6.07, 6.45) is 2.68. The highest BCUT2D eigenvalue weighted by molar-refractivity contribution is 7.14. The molecule has 5 heteroatoms. The van der Waals surface area contributed by atoms with Crippen LogP contribution in [0, 0.1) is 0 Å². The van der Waals surface area contributed by atoms with Gasteiger partial charge in [0.05, 0.1) is 0 Å². The molecule has 2 rings (SSSR count). The normalized spacial score (nSPS) is 11.7. The van der Waals surface area contributed by atoms with Crippen molar-refractivity contribution in [2.75, 3.05) is 6.54 Å². The zero-order valence-corrected chi connectivity index (χ0v) is 11.8. The summed E-state index contributed by atoms with van der Waals surface area (Å²) in [4.78, 5) is 4.27. The Morgan fingerprint density at radius 3 is 2.72 bits per heavy atom. The summed E-state index contributed by atoms with van der Waals surface area (Å²) in [5.41, 5.74) is 1.04. The van der Waals surface area contributed by atoms with Crippen LogP contribution in [0.5, 0.6) is 0 Å². The van der Waals surface area contributed by atoms with E-state index in [9.17, 15) is 0 Å². The Bertz CT molecular complexity index is 487. The minimum Gasteiger partial charge on any atom is -0.312 e. The molecule has 2 aromatic rings. The molecule has 0 amide bonds. The topological polar surface area (TPSA) is 50.7 Å². The molecule has 0 aliphatic carbocycles. The lowest BCUT2D eigenvalue weighted by Crippen LogP contribution is -2.37. The first-order valence-corrected chi connectivity index (χ1v) is 6.85. The summed E-state index contributed by atoms with van der Waals surface area (Å²) >= 11 is 1.61. The molecule has 0 saturated carbocycles. The second-order valence-electron chi connectivity index (χ2n) is 5.14. The molecule has 1 N–H and O–H groups in total. The lowest BCUT2D eigenvalue weighted by atomic mass is 10.1. The Morgan fingerprint density at radius 2 is 2.06 bits per heavy atom. The van der Waals surface area contributed by atoms with Crippen LogP contribution in [0.15, 0.2) is 24.4 Å². The van der Waals surface area contributed by atoms with Crippen LogP contribution >= 0.6 is 11.3 Å². The van der Waals surface area contributed by atoms with E-state index in [0.29, 0.717) is 0 Å². The van der Waals surface area contributed by atoms with Crippen LogP contribution in [0.3, 0.4) is 0 Å². The molecular formula is C13H18N4S. The molecule has 2 aromatic heterocycles. The van der Waals surface area contributed by atoms with Gasteiger partial charge in [0.15, 0.2) is 5.01 Å². The molecule has 0 aliphatic rings. The SMILES string of the molecule is CC(C)(C)NCCc1nnc(-c2ccccn2)s1. The van der Waals surface area contributed by atoms with Crippen LogP contribution in [-0.4, -0.2) is 27.3 Å². The second-order valence-corrected chi connectivity index (χ2v) is 6.20. The summed E-state index contributed by atoms with van der Waals surface area (Å²) in [5.74, 6) is 0. The van der Waals surface area contributed by atoms with Gasteiger partial charge < -0.3 is 5.32 Å². The third kappa shape index (κ3) is 3.85. The summed E-state index contributed by atoms with van der Waals surface area (Å²) in [6.45, 7) is 7.39. The number of nitrogens with one attached hydrogen (secondary N) is 1. The van der Waals surface area contributed by atoms with E-state index >= 15 is 0 Å². The number of rotatable bonds is 4. The number of hydrogen-bond donors (Lipinski definition) is 1. The molecule has 0 unspecified atom stereocenters. The third-order valence-electron chi connectivity index (χ3n) is 2.35.